The predicted molar refractivity (Wildman–Crippen MR) is 129 cm³/mol. The molecule has 1 rings (SSSR count). The Balaban J connectivity index is 2.20. The molecular formula is C22H31Cl4NO4. The molecule has 0 spiro atoms. The highest BCUT2D eigenvalue weighted by Crippen LogP contribution is 2.37. The van der Waals surface area contributed by atoms with Crippen LogP contribution < -0.4 is 15.0 Å². The fourth-order valence-corrected chi connectivity index (χ4v) is 2.92. The van der Waals surface area contributed by atoms with E-state index in [2.05, 4.69) is 5.48 Å². The summed E-state index contributed by atoms with van der Waals surface area (Å²) in [7, 11) is 0. The number of ether oxygens (including phenoxy) is 3. The van der Waals surface area contributed by atoms with Gasteiger partial charge in [0, 0.05) is 12.1 Å². The summed E-state index contributed by atoms with van der Waals surface area (Å²) < 4.78 is 16.9. The van der Waals surface area contributed by atoms with E-state index in [1.165, 1.54) is 6.08 Å². The van der Waals surface area contributed by atoms with E-state index in [9.17, 15) is 0 Å². The Morgan fingerprint density at radius 3 is 2.16 bits per heavy atom. The molecule has 176 valence electrons. The van der Waals surface area contributed by atoms with Crippen LogP contribution in [0.1, 0.15) is 53.4 Å². The van der Waals surface area contributed by atoms with E-state index in [1.807, 2.05) is 27.7 Å². The molecule has 0 aromatic heterocycles. The molecule has 0 atom stereocenters. The monoisotopic (exact) mass is 513 g/mol. The van der Waals surface area contributed by atoms with Crippen molar-refractivity contribution in [3.63, 3.8) is 0 Å². The molecule has 5 nitrogen and oxygen atoms in total. The molecule has 0 aliphatic carbocycles. The first-order valence-corrected chi connectivity index (χ1v) is 11.6. The van der Waals surface area contributed by atoms with Crippen molar-refractivity contribution in [1.82, 2.24) is 5.48 Å². The summed E-state index contributed by atoms with van der Waals surface area (Å²) >= 11 is 23.6. The number of rotatable bonds is 14. The van der Waals surface area contributed by atoms with E-state index in [4.69, 9.17) is 65.5 Å². The first kappa shape index (κ1) is 28.1. The molecular weight excluding hydrogens is 484 g/mol. The van der Waals surface area contributed by atoms with Crippen molar-refractivity contribution in [1.29, 1.82) is 0 Å². The lowest BCUT2D eigenvalue weighted by atomic mass is 10.2. The number of halogens is 4. The number of hydrogen-bond donors (Lipinski definition) is 1. The summed E-state index contributed by atoms with van der Waals surface area (Å²) in [6, 6.07) is 3.29. The summed E-state index contributed by atoms with van der Waals surface area (Å²) in [5, 5.41) is 0.783. The van der Waals surface area contributed by atoms with Gasteiger partial charge in [0.2, 0.25) is 0 Å². The van der Waals surface area contributed by atoms with Gasteiger partial charge in [-0.3, -0.25) is 10.3 Å². The predicted octanol–water partition coefficient (Wildman–Crippen LogP) is 7.83. The summed E-state index contributed by atoms with van der Waals surface area (Å²) in [6.07, 6.45) is 7.09. The number of nitrogens with one attached hydrogen (secondary N) is 1. The minimum atomic E-state index is -0.252. The SMILES string of the molecule is CC(=COCCCCCCOc1c(Cl)cc(OCC=C(Cl)Cl)cc1Cl)NOC(C)(C)C. The zero-order chi connectivity index (χ0) is 23.3. The summed E-state index contributed by atoms with van der Waals surface area (Å²) in [4.78, 5) is 5.45. The van der Waals surface area contributed by atoms with Gasteiger partial charge in [0.25, 0.3) is 0 Å². The van der Waals surface area contributed by atoms with Gasteiger partial charge in [0.05, 0.1) is 34.6 Å². The van der Waals surface area contributed by atoms with Crippen molar-refractivity contribution in [2.24, 2.45) is 0 Å². The van der Waals surface area contributed by atoms with Crippen LogP contribution >= 0.6 is 46.4 Å². The fourth-order valence-electron chi connectivity index (χ4n) is 2.22. The van der Waals surface area contributed by atoms with Gasteiger partial charge in [-0.05, 0) is 59.5 Å². The van der Waals surface area contributed by atoms with E-state index in [0.29, 0.717) is 34.8 Å². The van der Waals surface area contributed by atoms with Gasteiger partial charge < -0.3 is 14.2 Å². The van der Waals surface area contributed by atoms with E-state index in [1.54, 1.807) is 18.4 Å². The molecule has 0 aliphatic rings. The third kappa shape index (κ3) is 13.9. The summed E-state index contributed by atoms with van der Waals surface area (Å²) in [6.45, 7) is 9.21. The highest BCUT2D eigenvalue weighted by Gasteiger charge is 2.11. The molecule has 0 heterocycles. The average molecular weight is 515 g/mol. The molecule has 0 fully saturated rings. The van der Waals surface area contributed by atoms with Crippen molar-refractivity contribution >= 4 is 46.4 Å². The molecule has 0 amide bonds. The van der Waals surface area contributed by atoms with Crippen molar-refractivity contribution in [3.05, 3.63) is 44.7 Å². The Hall–Kier alpha value is -0.980. The van der Waals surface area contributed by atoms with Crippen LogP contribution in [-0.2, 0) is 9.57 Å². The molecule has 31 heavy (non-hydrogen) atoms. The van der Waals surface area contributed by atoms with Crippen molar-refractivity contribution in [2.45, 2.75) is 59.0 Å². The van der Waals surface area contributed by atoms with Crippen molar-refractivity contribution in [3.8, 4) is 11.5 Å². The second-order valence-electron chi connectivity index (χ2n) is 7.77. The van der Waals surface area contributed by atoms with E-state index >= 15 is 0 Å². The fraction of sp³-hybridized carbons (Fsp3) is 0.545. The van der Waals surface area contributed by atoms with Gasteiger partial charge >= 0.3 is 0 Å². The normalized spacial score (nSPS) is 11.8. The van der Waals surface area contributed by atoms with Crippen LogP contribution in [0, 0.1) is 0 Å². The van der Waals surface area contributed by atoms with Crippen LogP contribution in [0.15, 0.2) is 34.7 Å². The maximum absolute atomic E-state index is 6.25. The lowest BCUT2D eigenvalue weighted by Gasteiger charge is -2.19. The summed E-state index contributed by atoms with van der Waals surface area (Å²) in [5.41, 5.74) is 3.44. The minimum Gasteiger partial charge on any atom is -0.499 e. The maximum Gasteiger partial charge on any atom is 0.156 e. The summed E-state index contributed by atoms with van der Waals surface area (Å²) in [5.74, 6) is 0.966. The van der Waals surface area contributed by atoms with Gasteiger partial charge in [-0.2, -0.15) is 0 Å². The molecule has 9 heteroatoms. The quantitative estimate of drug-likeness (QED) is 0.156. The van der Waals surface area contributed by atoms with Gasteiger partial charge in [-0.25, -0.2) is 0 Å². The highest BCUT2D eigenvalue weighted by molar-refractivity contribution is 6.55. The Morgan fingerprint density at radius 1 is 0.968 bits per heavy atom. The maximum atomic E-state index is 6.25. The van der Waals surface area contributed by atoms with Crippen molar-refractivity contribution < 1.29 is 19.0 Å². The molecule has 1 N–H and O–H groups in total. The molecule has 1 aromatic rings. The average Bonchev–Trinajstić information content (AvgIpc) is 2.66. The molecule has 0 unspecified atom stereocenters. The van der Waals surface area contributed by atoms with Gasteiger partial charge in [-0.1, -0.05) is 46.4 Å². The molecule has 0 saturated carbocycles. The molecule has 0 aliphatic heterocycles. The van der Waals surface area contributed by atoms with Crippen LogP contribution in [0.5, 0.6) is 11.5 Å². The van der Waals surface area contributed by atoms with Crippen LogP contribution in [0.3, 0.4) is 0 Å². The van der Waals surface area contributed by atoms with Gasteiger partial charge in [0.15, 0.2) is 5.75 Å². The smallest absolute Gasteiger partial charge is 0.156 e. The largest absolute Gasteiger partial charge is 0.499 e. The zero-order valence-corrected chi connectivity index (χ0v) is 21.4. The lowest BCUT2D eigenvalue weighted by molar-refractivity contribution is -0.0589. The van der Waals surface area contributed by atoms with Crippen LogP contribution in [0.4, 0.5) is 0 Å². The van der Waals surface area contributed by atoms with Crippen LogP contribution in [-0.4, -0.2) is 25.4 Å². The molecule has 0 radical (unpaired) electrons. The number of hydrogen-bond acceptors (Lipinski definition) is 5. The number of hydroxylamine groups is 1. The minimum absolute atomic E-state index is 0.137. The third-order valence-corrected chi connectivity index (χ3v) is 4.51. The lowest BCUT2D eigenvalue weighted by Crippen LogP contribution is -2.28. The number of benzene rings is 1. The molecule has 0 saturated heterocycles. The Labute approximate surface area is 205 Å². The second kappa shape index (κ2) is 15.0. The first-order chi connectivity index (χ1) is 14.6. The zero-order valence-electron chi connectivity index (χ0n) is 18.4. The first-order valence-electron chi connectivity index (χ1n) is 10.1. The Bertz CT molecular complexity index is 706. The van der Waals surface area contributed by atoms with Gasteiger partial charge in [-0.15, -0.1) is 0 Å². The Morgan fingerprint density at radius 2 is 1.58 bits per heavy atom. The Kier molecular flexibility index (Phi) is 13.5. The molecule has 1 aromatic carbocycles. The topological polar surface area (TPSA) is 49.0 Å². The van der Waals surface area contributed by atoms with E-state index in [-0.39, 0.29) is 16.7 Å². The molecule has 0 bridgehead atoms. The third-order valence-electron chi connectivity index (χ3n) is 3.64. The van der Waals surface area contributed by atoms with Crippen LogP contribution in [0.2, 0.25) is 10.0 Å². The van der Waals surface area contributed by atoms with E-state index < -0.39 is 0 Å². The van der Waals surface area contributed by atoms with Crippen LogP contribution in [0.25, 0.3) is 0 Å². The number of unbranched alkanes of at least 4 members (excludes halogenated alkanes) is 3. The standard InChI is InChI=1S/C22H31Cl4NO4/c1-16(27-31-22(2,3)4)15-28-10-7-5-6-8-11-30-21-18(23)13-17(14-19(21)24)29-12-9-20(25)26/h9,13-15,27H,5-8,10-12H2,1-4H3. The second-order valence-corrected chi connectivity index (χ2v) is 9.59. The van der Waals surface area contributed by atoms with E-state index in [0.717, 1.165) is 31.4 Å². The van der Waals surface area contributed by atoms with Gasteiger partial charge in [0.1, 0.15) is 23.1 Å². The highest BCUT2D eigenvalue weighted by atomic mass is 35.5. The van der Waals surface area contributed by atoms with Crippen molar-refractivity contribution in [2.75, 3.05) is 19.8 Å². The number of allylic oxidation sites excluding steroid dienone is 1.